The molecule has 0 aromatic heterocycles. The molecular weight excluding hydrogens is 335 g/mol. The van der Waals surface area contributed by atoms with Crippen molar-refractivity contribution < 1.29 is 9.18 Å². The summed E-state index contributed by atoms with van der Waals surface area (Å²) in [6.45, 7) is 4.38. The van der Waals surface area contributed by atoms with Gasteiger partial charge in [-0.05, 0) is 47.0 Å². The highest BCUT2D eigenvalue weighted by molar-refractivity contribution is 9.10. The maximum atomic E-state index is 12.9. The largest absolute Gasteiger partial charge is 0.350 e. The molecule has 0 saturated heterocycles. The number of carbonyl (C=O) groups excluding carboxylic acids is 1. The molecule has 6 heteroatoms. The lowest BCUT2D eigenvalue weighted by Crippen LogP contribution is -2.49. The number of hydrogen-bond donors (Lipinski definition) is 2. The van der Waals surface area contributed by atoms with Gasteiger partial charge in [0.15, 0.2) is 0 Å². The minimum Gasteiger partial charge on any atom is -0.350 e. The highest BCUT2D eigenvalue weighted by Crippen LogP contribution is 2.18. The summed E-state index contributed by atoms with van der Waals surface area (Å²) < 4.78 is 13.4. The number of carbonyl (C=O) groups is 1. The Morgan fingerprint density at radius 2 is 2.00 bits per heavy atom. The van der Waals surface area contributed by atoms with Crippen LogP contribution in [0.25, 0.3) is 0 Å². The molecule has 0 heterocycles. The first-order valence-electron chi connectivity index (χ1n) is 5.94. The molecule has 0 bridgehead atoms. The van der Waals surface area contributed by atoms with E-state index in [9.17, 15) is 9.18 Å². The van der Waals surface area contributed by atoms with E-state index in [1.54, 1.807) is 0 Å². The van der Waals surface area contributed by atoms with E-state index < -0.39 is 0 Å². The van der Waals surface area contributed by atoms with Crippen LogP contribution in [0.2, 0.25) is 0 Å². The van der Waals surface area contributed by atoms with E-state index in [0.717, 1.165) is 12.8 Å². The average molecular weight is 354 g/mol. The zero-order valence-corrected chi connectivity index (χ0v) is 13.4. The van der Waals surface area contributed by atoms with Gasteiger partial charge in [0.2, 0.25) is 0 Å². The molecule has 0 aliphatic carbocycles. The highest BCUT2D eigenvalue weighted by Gasteiger charge is 2.21. The van der Waals surface area contributed by atoms with Gasteiger partial charge in [0.25, 0.3) is 5.91 Å². The van der Waals surface area contributed by atoms with E-state index in [-0.39, 0.29) is 29.7 Å². The Balaban J connectivity index is 0.00000324. The van der Waals surface area contributed by atoms with Crippen LogP contribution in [0, 0.1) is 5.82 Å². The van der Waals surface area contributed by atoms with Gasteiger partial charge in [-0.1, -0.05) is 13.8 Å². The molecule has 1 aromatic carbocycles. The second-order valence-corrected chi connectivity index (χ2v) is 5.23. The quantitative estimate of drug-likeness (QED) is 0.853. The Morgan fingerprint density at radius 1 is 1.42 bits per heavy atom. The molecule has 19 heavy (non-hydrogen) atoms. The number of halogens is 3. The van der Waals surface area contributed by atoms with Gasteiger partial charge in [0.05, 0.1) is 5.56 Å². The number of nitrogens with one attached hydrogen (secondary N) is 1. The molecule has 0 aliphatic rings. The van der Waals surface area contributed by atoms with Crippen LogP contribution in [0.15, 0.2) is 22.7 Å². The van der Waals surface area contributed by atoms with Crippen LogP contribution < -0.4 is 11.1 Å². The Labute approximate surface area is 127 Å². The van der Waals surface area contributed by atoms with Gasteiger partial charge in [0, 0.05) is 16.6 Å². The molecule has 3 N–H and O–H groups in total. The monoisotopic (exact) mass is 352 g/mol. The van der Waals surface area contributed by atoms with E-state index in [1.807, 2.05) is 13.8 Å². The van der Waals surface area contributed by atoms with Crippen LogP contribution in [0.1, 0.15) is 37.0 Å². The summed E-state index contributed by atoms with van der Waals surface area (Å²) in [5.41, 5.74) is 6.12. The fraction of sp³-hybridized carbons (Fsp3) is 0.462. The third-order valence-corrected chi connectivity index (χ3v) is 3.84. The van der Waals surface area contributed by atoms with E-state index in [4.69, 9.17) is 5.73 Å². The predicted molar refractivity (Wildman–Crippen MR) is 81.2 cm³/mol. The molecule has 1 amide bonds. The zero-order valence-electron chi connectivity index (χ0n) is 11.0. The van der Waals surface area contributed by atoms with Crippen molar-refractivity contribution in [2.75, 3.05) is 6.54 Å². The molecule has 0 unspecified atom stereocenters. The second kappa shape index (κ2) is 7.82. The lowest BCUT2D eigenvalue weighted by molar-refractivity contribution is 0.0941. The van der Waals surface area contributed by atoms with Gasteiger partial charge in [-0.2, -0.15) is 0 Å². The van der Waals surface area contributed by atoms with Gasteiger partial charge in [-0.3, -0.25) is 4.79 Å². The van der Waals surface area contributed by atoms with Crippen molar-refractivity contribution in [2.24, 2.45) is 5.73 Å². The first-order chi connectivity index (χ1) is 8.41. The van der Waals surface area contributed by atoms with Crippen molar-refractivity contribution in [3.05, 3.63) is 34.1 Å². The summed E-state index contributed by atoms with van der Waals surface area (Å²) in [5, 5.41) is 2.79. The fourth-order valence-corrected chi connectivity index (χ4v) is 2.06. The van der Waals surface area contributed by atoms with E-state index >= 15 is 0 Å². The smallest absolute Gasteiger partial charge is 0.252 e. The van der Waals surface area contributed by atoms with Gasteiger partial charge < -0.3 is 11.1 Å². The molecule has 0 fully saturated rings. The molecule has 1 rings (SSSR count). The van der Waals surface area contributed by atoms with E-state index in [2.05, 4.69) is 21.2 Å². The molecule has 0 atom stereocenters. The van der Waals surface area contributed by atoms with Crippen LogP contribution in [-0.2, 0) is 0 Å². The minimum atomic E-state index is -0.387. The molecular formula is C13H19BrClFN2O. The Hall–Kier alpha value is -0.650. The average Bonchev–Trinajstić information content (AvgIpc) is 2.35. The van der Waals surface area contributed by atoms with Crippen LogP contribution in [-0.4, -0.2) is 18.0 Å². The summed E-state index contributed by atoms with van der Waals surface area (Å²) >= 11 is 3.17. The summed E-state index contributed by atoms with van der Waals surface area (Å²) in [6.07, 6.45) is 1.57. The Kier molecular flexibility index (Phi) is 7.55. The van der Waals surface area contributed by atoms with Crippen LogP contribution >= 0.6 is 28.3 Å². The second-order valence-electron chi connectivity index (χ2n) is 4.38. The fourth-order valence-electron chi connectivity index (χ4n) is 1.53. The lowest BCUT2D eigenvalue weighted by Gasteiger charge is -2.26. The SMILES string of the molecule is CCC(N)(CC)CNC(=O)c1ccc(F)cc1Br.Cl. The first-order valence-corrected chi connectivity index (χ1v) is 6.73. The highest BCUT2D eigenvalue weighted by atomic mass is 79.9. The van der Waals surface area contributed by atoms with Crippen molar-refractivity contribution in [2.45, 2.75) is 32.2 Å². The topological polar surface area (TPSA) is 55.1 Å². The number of benzene rings is 1. The maximum absolute atomic E-state index is 12.9. The van der Waals surface area contributed by atoms with Crippen molar-refractivity contribution in [3.63, 3.8) is 0 Å². The number of hydrogen-bond acceptors (Lipinski definition) is 2. The Morgan fingerprint density at radius 3 is 2.47 bits per heavy atom. The molecule has 0 saturated carbocycles. The van der Waals surface area contributed by atoms with Gasteiger partial charge in [0.1, 0.15) is 5.82 Å². The summed E-state index contributed by atoms with van der Waals surface area (Å²) in [5.74, 6) is -0.632. The minimum absolute atomic E-state index is 0. The molecule has 1 aromatic rings. The number of amides is 1. The molecule has 0 spiro atoms. The maximum Gasteiger partial charge on any atom is 0.252 e. The normalized spacial score (nSPS) is 10.8. The first kappa shape index (κ1) is 18.4. The van der Waals surface area contributed by atoms with Gasteiger partial charge >= 0.3 is 0 Å². The Bertz CT molecular complexity index is 439. The third-order valence-electron chi connectivity index (χ3n) is 3.19. The predicted octanol–water partition coefficient (Wildman–Crippen LogP) is 3.26. The van der Waals surface area contributed by atoms with Crippen LogP contribution in [0.4, 0.5) is 4.39 Å². The van der Waals surface area contributed by atoms with Crippen molar-refractivity contribution in [3.8, 4) is 0 Å². The van der Waals surface area contributed by atoms with Crippen LogP contribution in [0.3, 0.4) is 0 Å². The zero-order chi connectivity index (χ0) is 13.8. The summed E-state index contributed by atoms with van der Waals surface area (Å²) in [6, 6.07) is 3.98. The van der Waals surface area contributed by atoms with E-state index in [0.29, 0.717) is 16.6 Å². The molecule has 3 nitrogen and oxygen atoms in total. The van der Waals surface area contributed by atoms with Crippen molar-refractivity contribution >= 4 is 34.2 Å². The number of rotatable bonds is 5. The third kappa shape index (κ3) is 5.09. The lowest BCUT2D eigenvalue weighted by atomic mass is 9.94. The van der Waals surface area contributed by atoms with Crippen molar-refractivity contribution in [1.82, 2.24) is 5.32 Å². The number of nitrogens with two attached hydrogens (primary N) is 1. The molecule has 0 aliphatic heterocycles. The van der Waals surface area contributed by atoms with Gasteiger partial charge in [-0.25, -0.2) is 4.39 Å². The van der Waals surface area contributed by atoms with E-state index in [1.165, 1.54) is 18.2 Å². The van der Waals surface area contributed by atoms with Gasteiger partial charge in [-0.15, -0.1) is 12.4 Å². The van der Waals surface area contributed by atoms with Crippen LogP contribution in [0.5, 0.6) is 0 Å². The summed E-state index contributed by atoms with van der Waals surface area (Å²) in [7, 11) is 0. The summed E-state index contributed by atoms with van der Waals surface area (Å²) in [4.78, 5) is 11.9. The van der Waals surface area contributed by atoms with Crippen molar-refractivity contribution in [1.29, 1.82) is 0 Å². The standard InChI is InChI=1S/C13H18BrFN2O.ClH/c1-3-13(16,4-2)8-17-12(18)10-6-5-9(15)7-11(10)14;/h5-7H,3-4,8,16H2,1-2H3,(H,17,18);1H. The molecule has 0 radical (unpaired) electrons. The molecule has 108 valence electrons.